The Labute approximate surface area is 137 Å². The predicted molar refractivity (Wildman–Crippen MR) is 89.0 cm³/mol. The van der Waals surface area contributed by atoms with Gasteiger partial charge >= 0.3 is 0 Å². The fourth-order valence-electron chi connectivity index (χ4n) is 3.33. The van der Waals surface area contributed by atoms with Gasteiger partial charge in [0.05, 0.1) is 6.07 Å². The van der Waals surface area contributed by atoms with Gasteiger partial charge in [-0.15, -0.1) is 0 Å². The van der Waals surface area contributed by atoms with Crippen molar-refractivity contribution < 1.29 is 9.53 Å². The number of anilines is 2. The van der Waals surface area contributed by atoms with Crippen molar-refractivity contribution in [3.05, 3.63) is 24.3 Å². The minimum Gasteiger partial charge on any atom is -0.382 e. The van der Waals surface area contributed by atoms with Gasteiger partial charge in [-0.05, 0) is 56.4 Å². The van der Waals surface area contributed by atoms with E-state index in [9.17, 15) is 4.79 Å². The molecule has 1 aromatic carbocycles. The van der Waals surface area contributed by atoms with E-state index < -0.39 is 0 Å². The van der Waals surface area contributed by atoms with Crippen LogP contribution in [0.1, 0.15) is 38.5 Å². The summed E-state index contributed by atoms with van der Waals surface area (Å²) in [5.41, 5.74) is 1.82. The number of nitrogens with one attached hydrogen (secondary N) is 2. The van der Waals surface area contributed by atoms with Crippen LogP contribution >= 0.6 is 0 Å². The molecule has 0 aromatic heterocycles. The maximum Gasteiger partial charge on any atom is 0.253 e. The van der Waals surface area contributed by atoms with Crippen LogP contribution < -0.4 is 10.6 Å². The summed E-state index contributed by atoms with van der Waals surface area (Å²) in [7, 11) is 0. The van der Waals surface area contributed by atoms with Crippen LogP contribution in [0.15, 0.2) is 24.3 Å². The Morgan fingerprint density at radius 3 is 2.61 bits per heavy atom. The Kier molecular flexibility index (Phi) is 5.14. The normalized spacial score (nSPS) is 27.2. The molecule has 3 atom stereocenters. The first-order valence-electron chi connectivity index (χ1n) is 8.43. The van der Waals surface area contributed by atoms with E-state index in [2.05, 4.69) is 16.7 Å². The van der Waals surface area contributed by atoms with Crippen LogP contribution in [0.4, 0.5) is 11.4 Å². The maximum atomic E-state index is 12.0. The molecule has 0 radical (unpaired) electrons. The van der Waals surface area contributed by atoms with Gasteiger partial charge in [0.15, 0.2) is 0 Å². The van der Waals surface area contributed by atoms with Crippen LogP contribution in [-0.2, 0) is 9.53 Å². The second-order valence-corrected chi connectivity index (χ2v) is 6.40. The second kappa shape index (κ2) is 7.47. The molecule has 1 aliphatic heterocycles. The Hall–Kier alpha value is -2.06. The van der Waals surface area contributed by atoms with Gasteiger partial charge in [0.2, 0.25) is 0 Å². The number of hydrogen-bond donors (Lipinski definition) is 2. The molecule has 2 aliphatic rings. The number of carbonyl (C=O) groups excluding carboxylic acids is 1. The molecule has 1 aliphatic carbocycles. The molecule has 3 rings (SSSR count). The van der Waals surface area contributed by atoms with Gasteiger partial charge in [0, 0.05) is 29.9 Å². The SMILES string of the molecule is N#CC1CCCC(Nc2ccc(NC(=O)C3CCCO3)cc2)C1. The van der Waals surface area contributed by atoms with E-state index >= 15 is 0 Å². The highest BCUT2D eigenvalue weighted by Gasteiger charge is 2.24. The minimum atomic E-state index is -0.307. The van der Waals surface area contributed by atoms with Crippen LogP contribution in [0, 0.1) is 17.2 Å². The van der Waals surface area contributed by atoms with Crippen molar-refractivity contribution >= 4 is 17.3 Å². The third kappa shape index (κ3) is 4.23. The molecule has 5 heteroatoms. The molecule has 122 valence electrons. The molecule has 1 aromatic rings. The molecular formula is C18H23N3O2. The molecule has 1 heterocycles. The van der Waals surface area contributed by atoms with Crippen molar-refractivity contribution in [2.75, 3.05) is 17.2 Å². The largest absolute Gasteiger partial charge is 0.382 e. The third-order valence-corrected chi connectivity index (χ3v) is 4.60. The van der Waals surface area contributed by atoms with Crippen molar-refractivity contribution in [3.8, 4) is 6.07 Å². The Balaban J connectivity index is 1.52. The number of ether oxygens (including phenoxy) is 1. The number of nitrogens with zero attached hydrogens (tertiary/aromatic N) is 1. The van der Waals surface area contributed by atoms with Crippen molar-refractivity contribution in [3.63, 3.8) is 0 Å². The lowest BCUT2D eigenvalue weighted by molar-refractivity contribution is -0.124. The van der Waals surface area contributed by atoms with Crippen LogP contribution in [0.5, 0.6) is 0 Å². The lowest BCUT2D eigenvalue weighted by atomic mass is 9.86. The first kappa shape index (κ1) is 15.8. The fraction of sp³-hybridized carbons (Fsp3) is 0.556. The van der Waals surface area contributed by atoms with Crippen LogP contribution in [0.2, 0.25) is 0 Å². The topological polar surface area (TPSA) is 74.2 Å². The van der Waals surface area contributed by atoms with E-state index in [4.69, 9.17) is 10.00 Å². The zero-order valence-electron chi connectivity index (χ0n) is 13.3. The summed E-state index contributed by atoms with van der Waals surface area (Å²) in [6.45, 7) is 0.673. The van der Waals surface area contributed by atoms with E-state index in [0.29, 0.717) is 12.6 Å². The minimum absolute atomic E-state index is 0.0626. The molecule has 1 amide bonds. The first-order chi connectivity index (χ1) is 11.2. The number of rotatable bonds is 4. The van der Waals surface area contributed by atoms with Crippen LogP contribution in [-0.4, -0.2) is 24.7 Å². The van der Waals surface area contributed by atoms with E-state index in [1.165, 1.54) is 0 Å². The summed E-state index contributed by atoms with van der Waals surface area (Å²) in [5, 5.41) is 15.4. The molecule has 2 N–H and O–H groups in total. The van der Waals surface area contributed by atoms with Gasteiger partial charge in [-0.1, -0.05) is 6.42 Å². The van der Waals surface area contributed by atoms with Gasteiger partial charge in [0.1, 0.15) is 6.10 Å². The highest BCUT2D eigenvalue weighted by Crippen LogP contribution is 2.26. The van der Waals surface area contributed by atoms with E-state index in [1.54, 1.807) is 0 Å². The Morgan fingerprint density at radius 2 is 1.91 bits per heavy atom. The highest BCUT2D eigenvalue weighted by molar-refractivity contribution is 5.94. The standard InChI is InChI=1S/C18H23N3O2/c19-12-13-3-1-4-16(11-13)20-14-6-8-15(9-7-14)21-18(22)17-5-2-10-23-17/h6-9,13,16-17,20H,1-5,10-11H2,(H,21,22). The van der Waals surface area contributed by atoms with Crippen LogP contribution in [0.3, 0.4) is 0 Å². The van der Waals surface area contributed by atoms with E-state index in [1.807, 2.05) is 24.3 Å². The Bertz CT molecular complexity index is 573. The summed E-state index contributed by atoms with van der Waals surface area (Å²) in [6.07, 6.45) is 5.58. The first-order valence-corrected chi connectivity index (χ1v) is 8.43. The zero-order valence-corrected chi connectivity index (χ0v) is 13.3. The van der Waals surface area contributed by atoms with Gasteiger partial charge in [-0.2, -0.15) is 5.26 Å². The number of nitriles is 1. The van der Waals surface area contributed by atoms with E-state index in [-0.39, 0.29) is 17.9 Å². The lowest BCUT2D eigenvalue weighted by Crippen LogP contribution is -2.27. The molecule has 23 heavy (non-hydrogen) atoms. The summed E-state index contributed by atoms with van der Waals surface area (Å²) >= 11 is 0. The zero-order chi connectivity index (χ0) is 16.1. The molecule has 2 fully saturated rings. The lowest BCUT2D eigenvalue weighted by Gasteiger charge is -2.27. The summed E-state index contributed by atoms with van der Waals surface area (Å²) in [4.78, 5) is 12.0. The molecule has 1 saturated heterocycles. The quantitative estimate of drug-likeness (QED) is 0.894. The summed E-state index contributed by atoms with van der Waals surface area (Å²) in [5.74, 6) is 0.110. The monoisotopic (exact) mass is 313 g/mol. The van der Waals surface area contributed by atoms with Gasteiger partial charge in [0.25, 0.3) is 5.91 Å². The highest BCUT2D eigenvalue weighted by atomic mass is 16.5. The molecule has 3 unspecified atom stereocenters. The van der Waals surface area contributed by atoms with Crippen molar-refractivity contribution in [1.29, 1.82) is 5.26 Å². The van der Waals surface area contributed by atoms with Gasteiger partial charge in [-0.25, -0.2) is 0 Å². The van der Waals surface area contributed by atoms with E-state index in [0.717, 1.165) is 49.9 Å². The summed E-state index contributed by atoms with van der Waals surface area (Å²) < 4.78 is 5.38. The average Bonchev–Trinajstić information content (AvgIpc) is 3.11. The van der Waals surface area contributed by atoms with Crippen LogP contribution in [0.25, 0.3) is 0 Å². The summed E-state index contributed by atoms with van der Waals surface area (Å²) in [6, 6.07) is 10.5. The van der Waals surface area contributed by atoms with Crippen molar-refractivity contribution in [2.24, 2.45) is 5.92 Å². The van der Waals surface area contributed by atoms with Crippen molar-refractivity contribution in [2.45, 2.75) is 50.7 Å². The number of benzene rings is 1. The molecule has 0 spiro atoms. The molecule has 1 saturated carbocycles. The second-order valence-electron chi connectivity index (χ2n) is 6.40. The van der Waals surface area contributed by atoms with Crippen molar-refractivity contribution in [1.82, 2.24) is 0 Å². The predicted octanol–water partition coefficient (Wildman–Crippen LogP) is 3.30. The number of hydrogen-bond acceptors (Lipinski definition) is 4. The molecule has 0 bridgehead atoms. The Morgan fingerprint density at radius 1 is 1.13 bits per heavy atom. The molecular weight excluding hydrogens is 290 g/mol. The molecule has 5 nitrogen and oxygen atoms in total. The average molecular weight is 313 g/mol. The maximum absolute atomic E-state index is 12.0. The smallest absolute Gasteiger partial charge is 0.253 e. The van der Waals surface area contributed by atoms with Gasteiger partial charge in [-0.3, -0.25) is 4.79 Å². The number of carbonyl (C=O) groups is 1. The fourth-order valence-corrected chi connectivity index (χ4v) is 3.33. The third-order valence-electron chi connectivity index (χ3n) is 4.60. The van der Waals surface area contributed by atoms with Gasteiger partial charge < -0.3 is 15.4 Å². The number of amides is 1.